The van der Waals surface area contributed by atoms with Crippen molar-refractivity contribution in [2.75, 3.05) is 13.1 Å². The topological polar surface area (TPSA) is 15.3 Å². The van der Waals surface area contributed by atoms with Crippen molar-refractivity contribution in [1.29, 1.82) is 0 Å². The molecule has 1 aromatic carbocycles. The van der Waals surface area contributed by atoms with Crippen LogP contribution in [0.3, 0.4) is 0 Å². The third kappa shape index (κ3) is 3.42. The van der Waals surface area contributed by atoms with Crippen LogP contribution in [-0.4, -0.2) is 30.1 Å². The minimum Gasteiger partial charge on any atom is -0.311 e. The SMILES string of the molecule is CCCC1CNC(C2CC2)CN1Cc1cccc(C)c1. The van der Waals surface area contributed by atoms with Crippen molar-refractivity contribution in [2.24, 2.45) is 5.92 Å². The van der Waals surface area contributed by atoms with Crippen molar-refractivity contribution >= 4 is 0 Å². The van der Waals surface area contributed by atoms with Gasteiger partial charge in [-0.05, 0) is 37.7 Å². The van der Waals surface area contributed by atoms with Crippen molar-refractivity contribution in [3.05, 3.63) is 35.4 Å². The predicted molar refractivity (Wildman–Crippen MR) is 84.8 cm³/mol. The van der Waals surface area contributed by atoms with E-state index in [0.29, 0.717) is 0 Å². The Kier molecular flexibility index (Phi) is 4.42. The van der Waals surface area contributed by atoms with Gasteiger partial charge in [-0.1, -0.05) is 43.2 Å². The van der Waals surface area contributed by atoms with E-state index in [2.05, 4.69) is 48.3 Å². The summed E-state index contributed by atoms with van der Waals surface area (Å²) < 4.78 is 0. The van der Waals surface area contributed by atoms with Crippen molar-refractivity contribution in [1.82, 2.24) is 10.2 Å². The van der Waals surface area contributed by atoms with Gasteiger partial charge in [0, 0.05) is 31.7 Å². The Hall–Kier alpha value is -0.860. The Balaban J connectivity index is 1.68. The molecule has 110 valence electrons. The van der Waals surface area contributed by atoms with Gasteiger partial charge in [0.25, 0.3) is 0 Å². The number of piperazine rings is 1. The first-order valence-electron chi connectivity index (χ1n) is 8.29. The predicted octanol–water partition coefficient (Wildman–Crippen LogP) is 3.35. The fraction of sp³-hybridized carbons (Fsp3) is 0.667. The summed E-state index contributed by atoms with van der Waals surface area (Å²) in [5.74, 6) is 0.956. The lowest BCUT2D eigenvalue weighted by Gasteiger charge is -2.41. The van der Waals surface area contributed by atoms with Gasteiger partial charge in [0.05, 0.1) is 0 Å². The standard InChI is InChI=1S/C18H28N2/c1-3-5-17-11-19-18(16-8-9-16)13-20(17)12-15-7-4-6-14(2)10-15/h4,6-7,10,16-19H,3,5,8-9,11-13H2,1-2H3. The molecule has 0 amide bonds. The number of rotatable bonds is 5. The molecule has 0 bridgehead atoms. The summed E-state index contributed by atoms with van der Waals surface area (Å²) in [4.78, 5) is 2.73. The lowest BCUT2D eigenvalue weighted by molar-refractivity contribution is 0.108. The number of hydrogen-bond acceptors (Lipinski definition) is 2. The lowest BCUT2D eigenvalue weighted by atomic mass is 10.0. The second-order valence-corrected chi connectivity index (χ2v) is 6.71. The Morgan fingerprint density at radius 3 is 2.85 bits per heavy atom. The molecule has 0 aromatic heterocycles. The molecule has 2 nitrogen and oxygen atoms in total. The second-order valence-electron chi connectivity index (χ2n) is 6.71. The van der Waals surface area contributed by atoms with Gasteiger partial charge in [-0.2, -0.15) is 0 Å². The first-order chi connectivity index (χ1) is 9.76. The van der Waals surface area contributed by atoms with E-state index in [9.17, 15) is 0 Å². The molecule has 2 aliphatic rings. The quantitative estimate of drug-likeness (QED) is 0.884. The van der Waals surface area contributed by atoms with Gasteiger partial charge in [-0.25, -0.2) is 0 Å². The van der Waals surface area contributed by atoms with Crippen LogP contribution in [0.5, 0.6) is 0 Å². The number of hydrogen-bond donors (Lipinski definition) is 1. The summed E-state index contributed by atoms with van der Waals surface area (Å²) in [5, 5.41) is 3.80. The summed E-state index contributed by atoms with van der Waals surface area (Å²) in [6.45, 7) is 8.04. The summed E-state index contributed by atoms with van der Waals surface area (Å²) in [6.07, 6.45) is 5.48. The van der Waals surface area contributed by atoms with Gasteiger partial charge in [-0.15, -0.1) is 0 Å². The fourth-order valence-corrected chi connectivity index (χ4v) is 3.55. The summed E-state index contributed by atoms with van der Waals surface area (Å²) in [7, 11) is 0. The fourth-order valence-electron chi connectivity index (χ4n) is 3.55. The smallest absolute Gasteiger partial charge is 0.0237 e. The number of aryl methyl sites for hydroxylation is 1. The van der Waals surface area contributed by atoms with Crippen LogP contribution in [0.4, 0.5) is 0 Å². The molecule has 0 radical (unpaired) electrons. The molecular formula is C18H28N2. The zero-order valence-corrected chi connectivity index (χ0v) is 12.9. The highest BCUT2D eigenvalue weighted by Gasteiger charge is 2.36. The summed E-state index contributed by atoms with van der Waals surface area (Å²) >= 11 is 0. The molecule has 1 saturated heterocycles. The van der Waals surface area contributed by atoms with Gasteiger partial charge >= 0.3 is 0 Å². The Morgan fingerprint density at radius 2 is 2.15 bits per heavy atom. The monoisotopic (exact) mass is 272 g/mol. The highest BCUT2D eigenvalue weighted by Crippen LogP contribution is 2.34. The maximum absolute atomic E-state index is 3.80. The largest absolute Gasteiger partial charge is 0.311 e. The average molecular weight is 272 g/mol. The average Bonchev–Trinajstić information content (AvgIpc) is 3.25. The van der Waals surface area contributed by atoms with Crippen LogP contribution in [0, 0.1) is 12.8 Å². The van der Waals surface area contributed by atoms with Crippen LogP contribution >= 0.6 is 0 Å². The number of nitrogens with zero attached hydrogens (tertiary/aromatic N) is 1. The van der Waals surface area contributed by atoms with E-state index < -0.39 is 0 Å². The Labute approximate surface area is 123 Å². The molecule has 2 unspecified atom stereocenters. The zero-order valence-electron chi connectivity index (χ0n) is 12.9. The normalized spacial score (nSPS) is 27.7. The molecule has 1 saturated carbocycles. The van der Waals surface area contributed by atoms with Gasteiger partial charge in [0.2, 0.25) is 0 Å². The third-order valence-corrected chi connectivity index (χ3v) is 4.84. The van der Waals surface area contributed by atoms with Crippen LogP contribution in [-0.2, 0) is 6.54 Å². The molecule has 3 rings (SSSR count). The van der Waals surface area contributed by atoms with Crippen molar-refractivity contribution in [3.63, 3.8) is 0 Å². The Morgan fingerprint density at radius 1 is 1.30 bits per heavy atom. The molecule has 1 aliphatic carbocycles. The highest BCUT2D eigenvalue weighted by atomic mass is 15.2. The van der Waals surface area contributed by atoms with Gasteiger partial charge in [0.15, 0.2) is 0 Å². The molecular weight excluding hydrogens is 244 g/mol. The van der Waals surface area contributed by atoms with E-state index >= 15 is 0 Å². The maximum atomic E-state index is 3.80. The number of nitrogens with one attached hydrogen (secondary N) is 1. The zero-order chi connectivity index (χ0) is 13.9. The molecule has 1 aromatic rings. The lowest BCUT2D eigenvalue weighted by Crippen LogP contribution is -2.56. The van der Waals surface area contributed by atoms with E-state index in [-0.39, 0.29) is 0 Å². The summed E-state index contributed by atoms with van der Waals surface area (Å²) in [5.41, 5.74) is 2.85. The highest BCUT2D eigenvalue weighted by molar-refractivity contribution is 5.22. The van der Waals surface area contributed by atoms with Crippen molar-refractivity contribution in [3.8, 4) is 0 Å². The van der Waals surface area contributed by atoms with Crippen LogP contribution < -0.4 is 5.32 Å². The van der Waals surface area contributed by atoms with E-state index in [1.807, 2.05) is 0 Å². The van der Waals surface area contributed by atoms with Crippen LogP contribution in [0.15, 0.2) is 24.3 Å². The molecule has 20 heavy (non-hydrogen) atoms. The first-order valence-corrected chi connectivity index (χ1v) is 8.29. The van der Waals surface area contributed by atoms with Gasteiger partial charge in [0.1, 0.15) is 0 Å². The first kappa shape index (κ1) is 14.1. The molecule has 0 spiro atoms. The Bertz CT molecular complexity index is 439. The van der Waals surface area contributed by atoms with E-state index in [1.165, 1.54) is 49.9 Å². The molecule has 2 fully saturated rings. The van der Waals surface area contributed by atoms with Gasteiger partial charge in [-0.3, -0.25) is 4.90 Å². The maximum Gasteiger partial charge on any atom is 0.0237 e. The molecule has 2 heteroatoms. The van der Waals surface area contributed by atoms with Crippen molar-refractivity contribution < 1.29 is 0 Å². The summed E-state index contributed by atoms with van der Waals surface area (Å²) in [6, 6.07) is 10.5. The molecule has 1 aliphatic heterocycles. The van der Waals surface area contributed by atoms with Gasteiger partial charge < -0.3 is 5.32 Å². The van der Waals surface area contributed by atoms with E-state index in [4.69, 9.17) is 0 Å². The molecule has 2 atom stereocenters. The van der Waals surface area contributed by atoms with Crippen LogP contribution in [0.1, 0.15) is 43.7 Å². The molecule has 1 heterocycles. The van der Waals surface area contributed by atoms with Crippen LogP contribution in [0.2, 0.25) is 0 Å². The van der Waals surface area contributed by atoms with Crippen molar-refractivity contribution in [2.45, 2.75) is 58.2 Å². The molecule has 1 N–H and O–H groups in total. The second kappa shape index (κ2) is 6.28. The minimum absolute atomic E-state index is 0.718. The van der Waals surface area contributed by atoms with E-state index in [1.54, 1.807) is 0 Å². The van der Waals surface area contributed by atoms with Crippen LogP contribution in [0.25, 0.3) is 0 Å². The minimum atomic E-state index is 0.718. The third-order valence-electron chi connectivity index (χ3n) is 4.84. The van der Waals surface area contributed by atoms with E-state index in [0.717, 1.165) is 24.5 Å². The number of benzene rings is 1.